The number of fused-ring (bicyclic) bond motifs is 1. The van der Waals surface area contributed by atoms with Gasteiger partial charge in [-0.2, -0.15) is 0 Å². The molecular formula is C13H12BrClFN5. The van der Waals surface area contributed by atoms with Crippen LogP contribution in [0.5, 0.6) is 0 Å². The minimum atomic E-state index is -0.330. The number of benzene rings is 1. The summed E-state index contributed by atoms with van der Waals surface area (Å²) in [5.74, 6) is 1.72. The summed E-state index contributed by atoms with van der Waals surface area (Å²) < 4.78 is 17.9. The van der Waals surface area contributed by atoms with E-state index in [1.807, 2.05) is 16.2 Å². The fraction of sp³-hybridized carbons (Fsp3) is 0.308. The first kappa shape index (κ1) is 14.5. The molecule has 3 rings (SSSR count). The smallest absolute Gasteiger partial charge is 0.152 e. The molecule has 0 aliphatic carbocycles. The van der Waals surface area contributed by atoms with Crippen molar-refractivity contribution in [3.05, 3.63) is 40.4 Å². The number of halogens is 3. The Kier molecular flexibility index (Phi) is 3.95. The summed E-state index contributed by atoms with van der Waals surface area (Å²) in [6.45, 7) is 0.511. The van der Waals surface area contributed by atoms with Gasteiger partial charge in [0, 0.05) is 25.4 Å². The van der Waals surface area contributed by atoms with Crippen LogP contribution in [-0.2, 0) is 20.0 Å². The van der Waals surface area contributed by atoms with Gasteiger partial charge in [-0.25, -0.2) is 9.37 Å². The molecule has 1 aromatic carbocycles. The monoisotopic (exact) mass is 371 g/mol. The molecule has 0 spiro atoms. The van der Waals surface area contributed by atoms with Crippen molar-refractivity contribution in [1.82, 2.24) is 24.3 Å². The Labute approximate surface area is 133 Å². The normalized spacial score (nSPS) is 11.4. The first-order valence-corrected chi connectivity index (χ1v) is 7.66. The summed E-state index contributed by atoms with van der Waals surface area (Å²) in [6, 6.07) is 3.15. The molecule has 21 heavy (non-hydrogen) atoms. The van der Waals surface area contributed by atoms with Crippen molar-refractivity contribution in [3.63, 3.8) is 0 Å². The van der Waals surface area contributed by atoms with Crippen molar-refractivity contribution >= 4 is 38.6 Å². The van der Waals surface area contributed by atoms with E-state index in [-0.39, 0.29) is 5.82 Å². The van der Waals surface area contributed by atoms with Gasteiger partial charge in [-0.1, -0.05) is 0 Å². The number of aromatic nitrogens is 5. The van der Waals surface area contributed by atoms with E-state index in [1.165, 1.54) is 6.07 Å². The molecular weight excluding hydrogens is 361 g/mol. The van der Waals surface area contributed by atoms with E-state index in [4.69, 9.17) is 11.6 Å². The Hall–Kier alpha value is -1.47. The quantitative estimate of drug-likeness (QED) is 0.662. The standard InChI is InChI=1S/C13H12BrClFN5/c1-20-7-17-19-13(20)6-21-11-4-8(14)9(16)5-10(11)18-12(21)2-3-15/h4-5,7H,2-3,6H2,1H3. The van der Waals surface area contributed by atoms with E-state index in [0.29, 0.717) is 28.8 Å². The molecule has 2 aromatic heterocycles. The van der Waals surface area contributed by atoms with Gasteiger partial charge in [0.05, 0.1) is 22.1 Å². The largest absolute Gasteiger partial charge is 0.320 e. The van der Waals surface area contributed by atoms with Gasteiger partial charge in [0.1, 0.15) is 18.0 Å². The van der Waals surface area contributed by atoms with Crippen LogP contribution in [0.15, 0.2) is 22.9 Å². The average Bonchev–Trinajstić information content (AvgIpc) is 2.98. The Morgan fingerprint density at radius 1 is 1.33 bits per heavy atom. The van der Waals surface area contributed by atoms with Crippen LogP contribution in [-0.4, -0.2) is 30.2 Å². The second-order valence-electron chi connectivity index (χ2n) is 4.67. The Balaban J connectivity index is 2.15. The van der Waals surface area contributed by atoms with Gasteiger partial charge in [-0.3, -0.25) is 0 Å². The van der Waals surface area contributed by atoms with Crippen molar-refractivity contribution in [2.45, 2.75) is 13.0 Å². The molecule has 0 unspecified atom stereocenters. The number of hydrogen-bond donors (Lipinski definition) is 0. The Bertz CT molecular complexity index is 797. The van der Waals surface area contributed by atoms with Gasteiger partial charge in [0.2, 0.25) is 0 Å². The van der Waals surface area contributed by atoms with Gasteiger partial charge in [0.15, 0.2) is 5.82 Å². The summed E-state index contributed by atoms with van der Waals surface area (Å²) in [5, 5.41) is 7.96. The highest BCUT2D eigenvalue weighted by molar-refractivity contribution is 9.10. The van der Waals surface area contributed by atoms with Crippen LogP contribution in [0, 0.1) is 5.82 Å². The summed E-state index contributed by atoms with van der Waals surface area (Å²) in [6.07, 6.45) is 2.25. The molecule has 0 N–H and O–H groups in total. The molecule has 0 amide bonds. The van der Waals surface area contributed by atoms with E-state index in [9.17, 15) is 4.39 Å². The lowest BCUT2D eigenvalue weighted by molar-refractivity contribution is 0.622. The molecule has 0 saturated carbocycles. The molecule has 0 atom stereocenters. The summed E-state index contributed by atoms with van der Waals surface area (Å²) in [7, 11) is 1.88. The highest BCUT2D eigenvalue weighted by Crippen LogP contribution is 2.25. The number of alkyl halides is 1. The van der Waals surface area contributed by atoms with Crippen molar-refractivity contribution < 1.29 is 4.39 Å². The van der Waals surface area contributed by atoms with Crippen molar-refractivity contribution in [2.24, 2.45) is 7.05 Å². The van der Waals surface area contributed by atoms with Crippen LogP contribution >= 0.6 is 27.5 Å². The van der Waals surface area contributed by atoms with Crippen LogP contribution in [0.25, 0.3) is 11.0 Å². The zero-order valence-corrected chi connectivity index (χ0v) is 13.6. The lowest BCUT2D eigenvalue weighted by Gasteiger charge is -2.08. The van der Waals surface area contributed by atoms with Crippen LogP contribution in [0.1, 0.15) is 11.6 Å². The van der Waals surface area contributed by atoms with E-state index in [0.717, 1.165) is 17.2 Å². The second-order valence-corrected chi connectivity index (χ2v) is 5.90. The maximum absolute atomic E-state index is 13.7. The van der Waals surface area contributed by atoms with Crippen LogP contribution in [0.4, 0.5) is 4.39 Å². The fourth-order valence-electron chi connectivity index (χ4n) is 2.21. The molecule has 8 heteroatoms. The van der Waals surface area contributed by atoms with E-state index in [1.54, 1.807) is 12.4 Å². The molecule has 5 nitrogen and oxygen atoms in total. The summed E-state index contributed by atoms with van der Waals surface area (Å²) in [4.78, 5) is 4.47. The number of aryl methyl sites for hydroxylation is 2. The van der Waals surface area contributed by atoms with E-state index in [2.05, 4.69) is 31.1 Å². The summed E-state index contributed by atoms with van der Waals surface area (Å²) >= 11 is 9.06. The predicted octanol–water partition coefficient (Wildman–Crippen LogP) is 2.90. The van der Waals surface area contributed by atoms with Gasteiger partial charge in [-0.15, -0.1) is 21.8 Å². The first-order valence-electron chi connectivity index (χ1n) is 6.33. The SMILES string of the molecule is Cn1cnnc1Cn1c(CCCl)nc2cc(F)c(Br)cc21. The van der Waals surface area contributed by atoms with Gasteiger partial charge in [-0.05, 0) is 22.0 Å². The first-order chi connectivity index (χ1) is 10.1. The molecule has 0 aliphatic rings. The number of nitrogens with zero attached hydrogens (tertiary/aromatic N) is 5. The zero-order valence-electron chi connectivity index (χ0n) is 11.2. The molecule has 0 saturated heterocycles. The Morgan fingerprint density at radius 2 is 2.14 bits per heavy atom. The van der Waals surface area contributed by atoms with Crippen molar-refractivity contribution in [2.75, 3.05) is 5.88 Å². The van der Waals surface area contributed by atoms with Crippen molar-refractivity contribution in [3.8, 4) is 0 Å². The lowest BCUT2D eigenvalue weighted by atomic mass is 10.3. The molecule has 0 aliphatic heterocycles. The number of imidazole rings is 1. The molecule has 2 heterocycles. The van der Waals surface area contributed by atoms with E-state index >= 15 is 0 Å². The zero-order chi connectivity index (χ0) is 15.0. The minimum absolute atomic E-state index is 0.330. The number of hydrogen-bond acceptors (Lipinski definition) is 3. The Morgan fingerprint density at radius 3 is 2.81 bits per heavy atom. The second kappa shape index (κ2) is 5.73. The highest BCUT2D eigenvalue weighted by Gasteiger charge is 2.15. The van der Waals surface area contributed by atoms with Crippen LogP contribution in [0.2, 0.25) is 0 Å². The minimum Gasteiger partial charge on any atom is -0.320 e. The summed E-state index contributed by atoms with van der Waals surface area (Å²) in [5.41, 5.74) is 1.45. The predicted molar refractivity (Wildman–Crippen MR) is 81.9 cm³/mol. The number of rotatable bonds is 4. The highest BCUT2D eigenvalue weighted by atomic mass is 79.9. The third-order valence-corrected chi connectivity index (χ3v) is 4.09. The molecule has 3 aromatic rings. The molecule has 110 valence electrons. The van der Waals surface area contributed by atoms with Crippen LogP contribution < -0.4 is 0 Å². The van der Waals surface area contributed by atoms with Crippen molar-refractivity contribution in [1.29, 1.82) is 0 Å². The molecule has 0 bridgehead atoms. The molecule has 0 radical (unpaired) electrons. The van der Waals surface area contributed by atoms with Crippen LogP contribution in [0.3, 0.4) is 0 Å². The molecule has 0 fully saturated rings. The van der Waals surface area contributed by atoms with E-state index < -0.39 is 0 Å². The average molecular weight is 373 g/mol. The third kappa shape index (κ3) is 2.67. The van der Waals surface area contributed by atoms with Gasteiger partial charge in [0.25, 0.3) is 0 Å². The maximum Gasteiger partial charge on any atom is 0.152 e. The fourth-order valence-corrected chi connectivity index (χ4v) is 2.71. The lowest BCUT2D eigenvalue weighted by Crippen LogP contribution is -2.09. The van der Waals surface area contributed by atoms with Gasteiger partial charge >= 0.3 is 0 Å². The maximum atomic E-state index is 13.7. The third-order valence-electron chi connectivity index (χ3n) is 3.29. The van der Waals surface area contributed by atoms with Gasteiger partial charge < -0.3 is 9.13 Å². The topological polar surface area (TPSA) is 48.5 Å².